The fraction of sp³-hybridized carbons (Fsp3) is 0.136. The van der Waals surface area contributed by atoms with Gasteiger partial charge >= 0.3 is 0 Å². The SMILES string of the molecule is Cc1ccc(S(=O)(=O)N(CC(=O)Nc2cc([N+](=O)[O-])ccc2C)c2ccccc2Cl)cc1. The average molecular weight is 474 g/mol. The standard InChI is InChI=1S/C22H20ClN3O5S/c1-15-7-11-18(12-8-15)32(30,31)25(21-6-4-3-5-19(21)23)14-22(27)24-20-13-17(26(28)29)10-9-16(20)2/h3-13H,14H2,1-2H3,(H,24,27). The van der Waals surface area contributed by atoms with Crippen molar-refractivity contribution in [3.05, 3.63) is 93.0 Å². The lowest BCUT2D eigenvalue weighted by Crippen LogP contribution is -2.38. The number of anilines is 2. The van der Waals surface area contributed by atoms with Gasteiger partial charge in [-0.3, -0.25) is 19.2 Å². The molecular formula is C22H20ClN3O5S. The van der Waals surface area contributed by atoms with E-state index < -0.39 is 27.4 Å². The van der Waals surface area contributed by atoms with E-state index >= 15 is 0 Å². The maximum atomic E-state index is 13.4. The number of amides is 1. The van der Waals surface area contributed by atoms with E-state index in [1.807, 2.05) is 6.92 Å². The van der Waals surface area contributed by atoms with Gasteiger partial charge in [-0.25, -0.2) is 8.42 Å². The highest BCUT2D eigenvalue weighted by molar-refractivity contribution is 7.92. The molecule has 0 atom stereocenters. The highest BCUT2D eigenvalue weighted by atomic mass is 35.5. The fourth-order valence-electron chi connectivity index (χ4n) is 2.97. The number of nitrogens with one attached hydrogen (secondary N) is 1. The number of nitro groups is 1. The van der Waals surface area contributed by atoms with Crippen LogP contribution in [-0.2, 0) is 14.8 Å². The van der Waals surface area contributed by atoms with Crippen molar-refractivity contribution in [3.63, 3.8) is 0 Å². The molecule has 10 heteroatoms. The summed E-state index contributed by atoms with van der Waals surface area (Å²) in [7, 11) is -4.13. The van der Waals surface area contributed by atoms with E-state index in [1.54, 1.807) is 31.2 Å². The van der Waals surface area contributed by atoms with Gasteiger partial charge in [0.1, 0.15) is 6.54 Å². The molecule has 0 aliphatic rings. The van der Waals surface area contributed by atoms with Crippen LogP contribution in [0, 0.1) is 24.0 Å². The van der Waals surface area contributed by atoms with E-state index in [2.05, 4.69) is 5.32 Å². The average Bonchev–Trinajstić information content (AvgIpc) is 2.74. The summed E-state index contributed by atoms with van der Waals surface area (Å²) in [5, 5.41) is 13.8. The number of carbonyl (C=O) groups excluding carboxylic acids is 1. The van der Waals surface area contributed by atoms with Crippen molar-refractivity contribution in [2.24, 2.45) is 0 Å². The Morgan fingerprint density at radius 3 is 2.34 bits per heavy atom. The molecule has 32 heavy (non-hydrogen) atoms. The number of aryl methyl sites for hydroxylation is 2. The highest BCUT2D eigenvalue weighted by Crippen LogP contribution is 2.30. The van der Waals surface area contributed by atoms with Gasteiger partial charge in [-0.2, -0.15) is 0 Å². The Bertz CT molecular complexity index is 1280. The van der Waals surface area contributed by atoms with Crippen molar-refractivity contribution in [2.45, 2.75) is 18.7 Å². The minimum Gasteiger partial charge on any atom is -0.324 e. The normalized spacial score (nSPS) is 11.1. The van der Waals surface area contributed by atoms with Crippen LogP contribution in [0.25, 0.3) is 0 Å². The summed E-state index contributed by atoms with van der Waals surface area (Å²) in [5.41, 5.74) is 1.64. The zero-order valence-electron chi connectivity index (χ0n) is 17.3. The van der Waals surface area contributed by atoms with E-state index in [0.29, 0.717) is 5.56 Å². The summed E-state index contributed by atoms with van der Waals surface area (Å²) in [5.74, 6) is -0.677. The van der Waals surface area contributed by atoms with Crippen molar-refractivity contribution in [2.75, 3.05) is 16.2 Å². The van der Waals surface area contributed by atoms with Crippen LogP contribution in [0.5, 0.6) is 0 Å². The molecule has 0 radical (unpaired) electrons. The van der Waals surface area contributed by atoms with Crippen molar-refractivity contribution < 1.29 is 18.1 Å². The van der Waals surface area contributed by atoms with Crippen LogP contribution in [0.4, 0.5) is 17.1 Å². The number of rotatable bonds is 7. The van der Waals surface area contributed by atoms with E-state index in [4.69, 9.17) is 11.6 Å². The number of nitrogens with zero attached hydrogens (tertiary/aromatic N) is 2. The first-order valence-electron chi connectivity index (χ1n) is 9.48. The predicted octanol–water partition coefficient (Wildman–Crippen LogP) is 4.70. The Morgan fingerprint density at radius 2 is 1.72 bits per heavy atom. The number of carbonyl (C=O) groups is 1. The Labute approximate surface area is 190 Å². The fourth-order valence-corrected chi connectivity index (χ4v) is 4.70. The Balaban J connectivity index is 1.98. The van der Waals surface area contributed by atoms with Gasteiger partial charge in [0.15, 0.2) is 0 Å². The predicted molar refractivity (Wildman–Crippen MR) is 124 cm³/mol. The van der Waals surface area contributed by atoms with Crippen molar-refractivity contribution in [3.8, 4) is 0 Å². The molecule has 0 saturated carbocycles. The quantitative estimate of drug-likeness (QED) is 0.395. The minimum atomic E-state index is -4.13. The van der Waals surface area contributed by atoms with Crippen LogP contribution < -0.4 is 9.62 Å². The van der Waals surface area contributed by atoms with Crippen LogP contribution in [-0.4, -0.2) is 25.8 Å². The number of halogens is 1. The molecule has 3 aromatic rings. The summed E-state index contributed by atoms with van der Waals surface area (Å²) < 4.78 is 27.7. The molecule has 0 bridgehead atoms. The second-order valence-electron chi connectivity index (χ2n) is 7.08. The van der Waals surface area contributed by atoms with Crippen molar-refractivity contribution in [1.82, 2.24) is 0 Å². The van der Waals surface area contributed by atoms with Crippen LogP contribution >= 0.6 is 11.6 Å². The smallest absolute Gasteiger partial charge is 0.271 e. The monoisotopic (exact) mass is 473 g/mol. The van der Waals surface area contributed by atoms with Gasteiger partial charge < -0.3 is 5.32 Å². The number of benzene rings is 3. The second kappa shape index (κ2) is 9.37. The van der Waals surface area contributed by atoms with Gasteiger partial charge in [0.05, 0.1) is 26.2 Å². The molecule has 0 aliphatic carbocycles. The first kappa shape index (κ1) is 23.2. The van der Waals surface area contributed by atoms with Crippen LogP contribution in [0.15, 0.2) is 71.6 Å². The van der Waals surface area contributed by atoms with Gasteiger partial charge in [-0.1, -0.05) is 47.5 Å². The van der Waals surface area contributed by atoms with E-state index in [-0.39, 0.29) is 27.0 Å². The molecule has 3 aromatic carbocycles. The van der Waals surface area contributed by atoms with Crippen molar-refractivity contribution in [1.29, 1.82) is 0 Å². The van der Waals surface area contributed by atoms with Crippen LogP contribution in [0.3, 0.4) is 0 Å². The molecule has 3 rings (SSSR count). The van der Waals surface area contributed by atoms with E-state index in [0.717, 1.165) is 9.87 Å². The van der Waals surface area contributed by atoms with Crippen LogP contribution in [0.1, 0.15) is 11.1 Å². The summed E-state index contributed by atoms with van der Waals surface area (Å²) in [6, 6.07) is 16.6. The molecule has 8 nitrogen and oxygen atoms in total. The first-order valence-corrected chi connectivity index (χ1v) is 11.3. The Morgan fingerprint density at radius 1 is 1.06 bits per heavy atom. The molecule has 0 unspecified atom stereocenters. The number of para-hydroxylation sites is 1. The lowest BCUT2D eigenvalue weighted by Gasteiger charge is -2.25. The summed E-state index contributed by atoms with van der Waals surface area (Å²) >= 11 is 6.25. The van der Waals surface area contributed by atoms with Gasteiger partial charge in [0, 0.05) is 12.1 Å². The lowest BCUT2D eigenvalue weighted by atomic mass is 10.2. The van der Waals surface area contributed by atoms with Crippen molar-refractivity contribution >= 4 is 44.6 Å². The zero-order valence-corrected chi connectivity index (χ0v) is 18.9. The molecule has 1 amide bonds. The molecular weight excluding hydrogens is 454 g/mol. The summed E-state index contributed by atoms with van der Waals surface area (Å²) in [6.07, 6.45) is 0. The second-order valence-corrected chi connectivity index (χ2v) is 9.35. The van der Waals surface area contributed by atoms with Gasteiger partial charge in [0.2, 0.25) is 5.91 Å². The molecule has 0 aliphatic heterocycles. The molecule has 0 fully saturated rings. The van der Waals surface area contributed by atoms with E-state index in [9.17, 15) is 23.3 Å². The maximum Gasteiger partial charge on any atom is 0.271 e. The largest absolute Gasteiger partial charge is 0.324 e. The van der Waals surface area contributed by atoms with Gasteiger partial charge in [-0.15, -0.1) is 0 Å². The first-order chi connectivity index (χ1) is 15.1. The third-order valence-corrected chi connectivity index (χ3v) is 6.82. The molecule has 0 spiro atoms. The van der Waals surface area contributed by atoms with Gasteiger partial charge in [-0.05, 0) is 43.7 Å². The number of non-ortho nitro benzene ring substituents is 1. The number of sulfonamides is 1. The summed E-state index contributed by atoms with van der Waals surface area (Å²) in [4.78, 5) is 23.3. The molecule has 0 aromatic heterocycles. The maximum absolute atomic E-state index is 13.4. The molecule has 166 valence electrons. The van der Waals surface area contributed by atoms with Crippen LogP contribution in [0.2, 0.25) is 5.02 Å². The summed E-state index contributed by atoms with van der Waals surface area (Å²) in [6.45, 7) is 2.92. The Kier molecular flexibility index (Phi) is 6.81. The third-order valence-electron chi connectivity index (χ3n) is 4.72. The lowest BCUT2D eigenvalue weighted by molar-refractivity contribution is -0.384. The zero-order chi connectivity index (χ0) is 23.5. The highest BCUT2D eigenvalue weighted by Gasteiger charge is 2.29. The number of hydrogen-bond acceptors (Lipinski definition) is 5. The van der Waals surface area contributed by atoms with E-state index in [1.165, 1.54) is 42.5 Å². The number of hydrogen-bond donors (Lipinski definition) is 1. The Hall–Kier alpha value is -3.43. The topological polar surface area (TPSA) is 110 Å². The van der Waals surface area contributed by atoms with Gasteiger partial charge in [0.25, 0.3) is 15.7 Å². The molecule has 0 saturated heterocycles. The molecule has 0 heterocycles. The third kappa shape index (κ3) is 5.06. The number of nitro benzene ring substituents is 1. The minimum absolute atomic E-state index is 0.00218. The molecule has 1 N–H and O–H groups in total.